The van der Waals surface area contributed by atoms with E-state index >= 15 is 0 Å². The van der Waals surface area contributed by atoms with Crippen LogP contribution in [0, 0.1) is 5.41 Å². The van der Waals surface area contributed by atoms with Crippen molar-refractivity contribution in [3.63, 3.8) is 0 Å². The zero-order valence-corrected chi connectivity index (χ0v) is 11.5. The first-order chi connectivity index (χ1) is 8.70. The van der Waals surface area contributed by atoms with Crippen LogP contribution < -0.4 is 10.6 Å². The van der Waals surface area contributed by atoms with Crippen molar-refractivity contribution in [2.45, 2.75) is 51.5 Å². The van der Waals surface area contributed by atoms with Gasteiger partial charge in [0, 0.05) is 19.8 Å². The maximum absolute atomic E-state index is 12.1. The fraction of sp³-hybridized carbons (Fsp3) is 0.929. The second-order valence-electron chi connectivity index (χ2n) is 6.00. The number of hydrogen-bond acceptors (Lipinski definition) is 3. The summed E-state index contributed by atoms with van der Waals surface area (Å²) in [6.07, 6.45) is 6.67. The number of carbonyl (C=O) groups excluding carboxylic acids is 1. The molecule has 1 atom stereocenters. The van der Waals surface area contributed by atoms with E-state index in [4.69, 9.17) is 4.74 Å². The molecule has 2 aliphatic heterocycles. The molecule has 2 rings (SSSR count). The SMILES string of the molecule is CC1(CNC(=O)C2CCCCCN2)CCOCC1. The topological polar surface area (TPSA) is 50.4 Å². The third kappa shape index (κ3) is 3.95. The largest absolute Gasteiger partial charge is 0.381 e. The van der Waals surface area contributed by atoms with Crippen molar-refractivity contribution < 1.29 is 9.53 Å². The third-order valence-electron chi connectivity index (χ3n) is 4.27. The van der Waals surface area contributed by atoms with E-state index in [0.29, 0.717) is 0 Å². The first-order valence-electron chi connectivity index (χ1n) is 7.28. The molecule has 2 saturated heterocycles. The van der Waals surface area contributed by atoms with Gasteiger partial charge in [0.1, 0.15) is 0 Å². The number of rotatable bonds is 3. The lowest BCUT2D eigenvalue weighted by molar-refractivity contribution is -0.124. The van der Waals surface area contributed by atoms with E-state index in [0.717, 1.165) is 52.0 Å². The molecule has 0 aromatic heterocycles. The van der Waals surface area contributed by atoms with Crippen LogP contribution in [0.25, 0.3) is 0 Å². The lowest BCUT2D eigenvalue weighted by Crippen LogP contribution is -2.47. The Labute approximate surface area is 110 Å². The molecule has 1 unspecified atom stereocenters. The van der Waals surface area contributed by atoms with E-state index in [1.807, 2.05) is 0 Å². The van der Waals surface area contributed by atoms with Crippen LogP contribution in [0.3, 0.4) is 0 Å². The molecule has 0 aromatic rings. The van der Waals surface area contributed by atoms with Crippen molar-refractivity contribution in [1.29, 1.82) is 0 Å². The van der Waals surface area contributed by atoms with E-state index in [-0.39, 0.29) is 17.4 Å². The first-order valence-corrected chi connectivity index (χ1v) is 7.28. The lowest BCUT2D eigenvalue weighted by Gasteiger charge is -2.34. The molecule has 0 aromatic carbocycles. The summed E-state index contributed by atoms with van der Waals surface area (Å²) < 4.78 is 5.38. The molecule has 2 heterocycles. The molecule has 0 aliphatic carbocycles. The highest BCUT2D eigenvalue weighted by Crippen LogP contribution is 2.28. The fourth-order valence-corrected chi connectivity index (χ4v) is 2.72. The summed E-state index contributed by atoms with van der Waals surface area (Å²) in [5, 5.41) is 6.48. The summed E-state index contributed by atoms with van der Waals surface area (Å²) in [6, 6.07) is 0.0240. The van der Waals surface area contributed by atoms with Crippen LogP contribution in [0.4, 0.5) is 0 Å². The van der Waals surface area contributed by atoms with Crippen molar-refractivity contribution >= 4 is 5.91 Å². The van der Waals surface area contributed by atoms with Crippen LogP contribution in [-0.2, 0) is 9.53 Å². The van der Waals surface area contributed by atoms with Crippen LogP contribution in [0.15, 0.2) is 0 Å². The van der Waals surface area contributed by atoms with Gasteiger partial charge in [-0.15, -0.1) is 0 Å². The summed E-state index contributed by atoms with van der Waals surface area (Å²) in [4.78, 5) is 12.1. The van der Waals surface area contributed by atoms with Gasteiger partial charge in [-0.25, -0.2) is 0 Å². The Morgan fingerprint density at radius 2 is 2.11 bits per heavy atom. The van der Waals surface area contributed by atoms with Gasteiger partial charge >= 0.3 is 0 Å². The van der Waals surface area contributed by atoms with E-state index < -0.39 is 0 Å². The molecular formula is C14H26N2O2. The molecule has 0 bridgehead atoms. The summed E-state index contributed by atoms with van der Waals surface area (Å²) >= 11 is 0. The van der Waals surface area contributed by atoms with Gasteiger partial charge in [-0.3, -0.25) is 4.79 Å². The molecule has 0 spiro atoms. The monoisotopic (exact) mass is 254 g/mol. The van der Waals surface area contributed by atoms with Gasteiger partial charge in [-0.2, -0.15) is 0 Å². The Kier molecular flexibility index (Phi) is 5.01. The van der Waals surface area contributed by atoms with Crippen LogP contribution in [0.5, 0.6) is 0 Å². The number of ether oxygens (including phenoxy) is 1. The maximum atomic E-state index is 12.1. The van der Waals surface area contributed by atoms with Crippen LogP contribution >= 0.6 is 0 Å². The molecule has 4 heteroatoms. The third-order valence-corrected chi connectivity index (χ3v) is 4.27. The minimum Gasteiger partial charge on any atom is -0.381 e. The second kappa shape index (κ2) is 6.53. The van der Waals surface area contributed by atoms with Crippen molar-refractivity contribution in [2.24, 2.45) is 5.41 Å². The zero-order chi connectivity index (χ0) is 12.8. The Hall–Kier alpha value is -0.610. The van der Waals surface area contributed by atoms with Crippen molar-refractivity contribution in [3.8, 4) is 0 Å². The molecule has 2 aliphatic rings. The minimum absolute atomic E-state index is 0.0240. The quantitative estimate of drug-likeness (QED) is 0.801. The van der Waals surface area contributed by atoms with Crippen LogP contribution in [-0.4, -0.2) is 38.3 Å². The predicted octanol–water partition coefficient (Wildman–Crippen LogP) is 1.45. The normalized spacial score (nSPS) is 28.4. The molecule has 18 heavy (non-hydrogen) atoms. The Morgan fingerprint density at radius 1 is 1.33 bits per heavy atom. The molecular weight excluding hydrogens is 228 g/mol. The van der Waals surface area contributed by atoms with Crippen molar-refractivity contribution in [3.05, 3.63) is 0 Å². The summed E-state index contributed by atoms with van der Waals surface area (Å²) in [7, 11) is 0. The van der Waals surface area contributed by atoms with Gasteiger partial charge in [0.2, 0.25) is 5.91 Å². The van der Waals surface area contributed by atoms with E-state index in [2.05, 4.69) is 17.6 Å². The average Bonchev–Trinajstić information content (AvgIpc) is 2.66. The second-order valence-corrected chi connectivity index (χ2v) is 6.00. The summed E-state index contributed by atoms with van der Waals surface area (Å²) in [5.41, 5.74) is 0.221. The smallest absolute Gasteiger partial charge is 0.237 e. The molecule has 4 nitrogen and oxygen atoms in total. The number of carbonyl (C=O) groups is 1. The van der Waals surface area contributed by atoms with Crippen LogP contribution in [0.2, 0.25) is 0 Å². The molecule has 0 radical (unpaired) electrons. The Bertz CT molecular complexity index is 267. The van der Waals surface area contributed by atoms with Gasteiger partial charge in [0.25, 0.3) is 0 Å². The first kappa shape index (κ1) is 13.8. The summed E-state index contributed by atoms with van der Waals surface area (Å²) in [5.74, 6) is 0.185. The van der Waals surface area contributed by atoms with Crippen molar-refractivity contribution in [1.82, 2.24) is 10.6 Å². The molecule has 0 saturated carbocycles. The molecule has 2 fully saturated rings. The summed E-state index contributed by atoms with van der Waals surface area (Å²) in [6.45, 7) is 5.66. The number of amides is 1. The van der Waals surface area contributed by atoms with E-state index in [1.54, 1.807) is 0 Å². The number of nitrogens with one attached hydrogen (secondary N) is 2. The zero-order valence-electron chi connectivity index (χ0n) is 11.5. The highest BCUT2D eigenvalue weighted by atomic mass is 16.5. The average molecular weight is 254 g/mol. The van der Waals surface area contributed by atoms with Gasteiger partial charge < -0.3 is 15.4 Å². The molecule has 2 N–H and O–H groups in total. The lowest BCUT2D eigenvalue weighted by atomic mass is 9.82. The van der Waals surface area contributed by atoms with Gasteiger partial charge in [0.15, 0.2) is 0 Å². The number of hydrogen-bond donors (Lipinski definition) is 2. The highest BCUT2D eigenvalue weighted by molar-refractivity contribution is 5.81. The maximum Gasteiger partial charge on any atom is 0.237 e. The van der Waals surface area contributed by atoms with Gasteiger partial charge in [-0.05, 0) is 37.6 Å². The van der Waals surface area contributed by atoms with Gasteiger partial charge in [0.05, 0.1) is 6.04 Å². The Balaban J connectivity index is 1.76. The fourth-order valence-electron chi connectivity index (χ4n) is 2.72. The molecule has 1 amide bonds. The van der Waals surface area contributed by atoms with E-state index in [1.165, 1.54) is 12.8 Å². The van der Waals surface area contributed by atoms with Gasteiger partial charge in [-0.1, -0.05) is 19.8 Å². The highest BCUT2D eigenvalue weighted by Gasteiger charge is 2.29. The molecule has 104 valence electrons. The standard InChI is InChI=1S/C14H26N2O2/c1-14(6-9-18-10-7-14)11-16-13(17)12-5-3-2-4-8-15-12/h12,15H,2-11H2,1H3,(H,16,17). The predicted molar refractivity (Wildman–Crippen MR) is 71.4 cm³/mol. The van der Waals surface area contributed by atoms with Crippen molar-refractivity contribution in [2.75, 3.05) is 26.3 Å². The Morgan fingerprint density at radius 3 is 2.89 bits per heavy atom. The minimum atomic E-state index is 0.0240. The van der Waals surface area contributed by atoms with E-state index in [9.17, 15) is 4.79 Å². The van der Waals surface area contributed by atoms with Crippen LogP contribution in [0.1, 0.15) is 45.4 Å².